The van der Waals surface area contributed by atoms with E-state index in [9.17, 15) is 9.60 Å². The Labute approximate surface area is 141 Å². The van der Waals surface area contributed by atoms with Gasteiger partial charge in [-0.2, -0.15) is 4.73 Å². The molecule has 0 radical (unpaired) electrons. The van der Waals surface area contributed by atoms with E-state index in [1.54, 1.807) is 30.3 Å². The van der Waals surface area contributed by atoms with Crippen molar-refractivity contribution < 1.29 is 9.60 Å². The molecule has 5 rings (SSSR count). The Hall–Kier alpha value is -3.54. The molecule has 0 atom stereocenters. The molecule has 5 nitrogen and oxygen atoms in total. The van der Waals surface area contributed by atoms with Crippen LogP contribution in [0, 0.1) is 5.82 Å². The molecule has 2 heterocycles. The third-order valence-corrected chi connectivity index (χ3v) is 4.21. The number of aromatic nitrogens is 4. The van der Waals surface area contributed by atoms with E-state index in [4.69, 9.17) is 0 Å². The minimum atomic E-state index is -0.303. The number of hydrogen-bond donors (Lipinski definition) is 1. The van der Waals surface area contributed by atoms with Crippen LogP contribution in [-0.2, 0) is 0 Å². The first-order valence-electron chi connectivity index (χ1n) is 7.73. The van der Waals surface area contributed by atoms with Crippen molar-refractivity contribution in [1.29, 1.82) is 0 Å². The number of nitrogens with zero attached hydrogens (tertiary/aromatic N) is 4. The molecule has 5 aromatic rings. The maximum atomic E-state index is 13.1. The predicted molar refractivity (Wildman–Crippen MR) is 92.9 cm³/mol. The highest BCUT2D eigenvalue weighted by atomic mass is 19.1. The number of halogens is 1. The van der Waals surface area contributed by atoms with E-state index in [2.05, 4.69) is 15.0 Å². The molecule has 1 N–H and O–H groups in total. The van der Waals surface area contributed by atoms with Crippen LogP contribution >= 0.6 is 0 Å². The second kappa shape index (κ2) is 4.98. The molecule has 3 aromatic carbocycles. The number of imidazole rings is 1. The van der Waals surface area contributed by atoms with E-state index in [1.807, 2.05) is 18.2 Å². The second-order valence-electron chi connectivity index (χ2n) is 5.80. The molecule has 0 aliphatic carbocycles. The number of para-hydroxylation sites is 2. The highest BCUT2D eigenvalue weighted by molar-refractivity contribution is 5.96. The van der Waals surface area contributed by atoms with Crippen LogP contribution in [0.25, 0.3) is 44.5 Å². The van der Waals surface area contributed by atoms with Gasteiger partial charge in [0.2, 0.25) is 0 Å². The molecule has 0 saturated heterocycles. The lowest BCUT2D eigenvalue weighted by atomic mass is 10.2. The van der Waals surface area contributed by atoms with Crippen molar-refractivity contribution in [2.75, 3.05) is 0 Å². The van der Waals surface area contributed by atoms with Gasteiger partial charge >= 0.3 is 0 Å². The summed E-state index contributed by atoms with van der Waals surface area (Å²) in [4.78, 5) is 13.6. The summed E-state index contributed by atoms with van der Waals surface area (Å²) in [5.74, 6) is 0.210. The quantitative estimate of drug-likeness (QED) is 0.370. The first kappa shape index (κ1) is 13.9. The average molecular weight is 330 g/mol. The van der Waals surface area contributed by atoms with Crippen LogP contribution in [-0.4, -0.2) is 24.9 Å². The summed E-state index contributed by atoms with van der Waals surface area (Å²) in [7, 11) is 0. The van der Waals surface area contributed by atoms with E-state index in [1.165, 1.54) is 12.1 Å². The zero-order valence-corrected chi connectivity index (χ0v) is 12.9. The van der Waals surface area contributed by atoms with Gasteiger partial charge in [0.25, 0.3) is 0 Å². The summed E-state index contributed by atoms with van der Waals surface area (Å²) in [6.45, 7) is 0. The third kappa shape index (κ3) is 2.11. The standard InChI is InChI=1S/C19H11FN4O/c20-12-7-5-11(6-8-12)19-22-14-9-16-18(10-15(14)23-19)24(25)17-4-2-1-3-13(17)21-16/h1-10,25H. The van der Waals surface area contributed by atoms with Gasteiger partial charge in [-0.25, -0.2) is 19.3 Å². The molecule has 0 aliphatic heterocycles. The van der Waals surface area contributed by atoms with Crippen molar-refractivity contribution in [2.45, 2.75) is 0 Å². The molecule has 0 spiro atoms. The molecular weight excluding hydrogens is 319 g/mol. The van der Waals surface area contributed by atoms with E-state index in [0.717, 1.165) is 10.3 Å². The molecular formula is C19H11FN4O. The summed E-state index contributed by atoms with van der Waals surface area (Å²) in [6.07, 6.45) is 0. The molecule has 0 fully saturated rings. The Bertz CT molecular complexity index is 1260. The first-order chi connectivity index (χ1) is 12.2. The van der Waals surface area contributed by atoms with Gasteiger partial charge in [0.1, 0.15) is 16.9 Å². The minimum absolute atomic E-state index is 0.303. The Morgan fingerprint density at radius 2 is 1.44 bits per heavy atom. The van der Waals surface area contributed by atoms with Crippen molar-refractivity contribution in [3.63, 3.8) is 0 Å². The first-order valence-corrected chi connectivity index (χ1v) is 7.73. The van der Waals surface area contributed by atoms with E-state index < -0.39 is 0 Å². The van der Waals surface area contributed by atoms with Gasteiger partial charge < -0.3 is 5.21 Å². The Kier molecular flexibility index (Phi) is 2.76. The number of rotatable bonds is 1. The highest BCUT2D eigenvalue weighted by Crippen LogP contribution is 2.26. The summed E-state index contributed by atoms with van der Waals surface area (Å²) in [5.41, 5.74) is 4.54. The van der Waals surface area contributed by atoms with E-state index in [-0.39, 0.29) is 5.82 Å². The maximum Gasteiger partial charge on any atom is 0.160 e. The van der Waals surface area contributed by atoms with Crippen molar-refractivity contribution in [2.24, 2.45) is 0 Å². The maximum absolute atomic E-state index is 13.1. The highest BCUT2D eigenvalue weighted by Gasteiger charge is 2.12. The molecule has 0 amide bonds. The van der Waals surface area contributed by atoms with Gasteiger partial charge in [-0.05, 0) is 48.5 Å². The zero-order valence-electron chi connectivity index (χ0n) is 12.9. The summed E-state index contributed by atoms with van der Waals surface area (Å²) in [5, 5.41) is 10.5. The van der Waals surface area contributed by atoms with Gasteiger partial charge in [-0.3, -0.25) is 0 Å². The molecule has 25 heavy (non-hydrogen) atoms. The molecule has 6 heteroatoms. The number of benzene rings is 3. The largest absolute Gasteiger partial charge is 0.428 e. The molecule has 0 aliphatic rings. The minimum Gasteiger partial charge on any atom is -0.428 e. The van der Waals surface area contributed by atoms with E-state index in [0.29, 0.717) is 38.9 Å². The fraction of sp³-hybridized carbons (Fsp3) is 0. The zero-order chi connectivity index (χ0) is 17.0. The normalized spacial score (nSPS) is 11.6. The molecule has 2 aromatic heterocycles. The Balaban J connectivity index is 1.78. The van der Waals surface area contributed by atoms with Crippen LogP contribution in [0.2, 0.25) is 0 Å². The van der Waals surface area contributed by atoms with Gasteiger partial charge in [-0.15, -0.1) is 0 Å². The lowest BCUT2D eigenvalue weighted by Crippen LogP contribution is -1.99. The predicted octanol–water partition coefficient (Wildman–Crippen LogP) is 4.18. The lowest BCUT2D eigenvalue weighted by molar-refractivity contribution is 0.211. The van der Waals surface area contributed by atoms with Crippen LogP contribution in [0.4, 0.5) is 4.39 Å². The fourth-order valence-corrected chi connectivity index (χ4v) is 2.97. The number of fused-ring (bicyclic) bond motifs is 3. The molecule has 0 unspecified atom stereocenters. The van der Waals surface area contributed by atoms with Gasteiger partial charge in [-0.1, -0.05) is 12.1 Å². The van der Waals surface area contributed by atoms with Crippen molar-refractivity contribution in [1.82, 2.24) is 19.7 Å². The summed E-state index contributed by atoms with van der Waals surface area (Å²) >= 11 is 0. The van der Waals surface area contributed by atoms with Crippen molar-refractivity contribution >= 4 is 33.1 Å². The third-order valence-electron chi connectivity index (χ3n) is 4.21. The summed E-state index contributed by atoms with van der Waals surface area (Å²) < 4.78 is 14.2. The second-order valence-corrected chi connectivity index (χ2v) is 5.80. The summed E-state index contributed by atoms with van der Waals surface area (Å²) in [6, 6.07) is 16.9. The SMILES string of the molecule is On1c2ccccc2nc2cc3nc(-c4ccc(F)cc4)nc3cc21. The Morgan fingerprint density at radius 1 is 0.720 bits per heavy atom. The lowest BCUT2D eigenvalue weighted by Gasteiger charge is -2.07. The smallest absolute Gasteiger partial charge is 0.160 e. The van der Waals surface area contributed by atoms with Crippen LogP contribution in [0.3, 0.4) is 0 Å². The molecule has 0 saturated carbocycles. The van der Waals surface area contributed by atoms with Crippen LogP contribution in [0.5, 0.6) is 0 Å². The Morgan fingerprint density at radius 3 is 2.24 bits per heavy atom. The van der Waals surface area contributed by atoms with E-state index >= 15 is 0 Å². The van der Waals surface area contributed by atoms with Crippen LogP contribution in [0.15, 0.2) is 60.7 Å². The van der Waals surface area contributed by atoms with Crippen molar-refractivity contribution in [3.05, 3.63) is 66.5 Å². The monoisotopic (exact) mass is 330 g/mol. The van der Waals surface area contributed by atoms with Gasteiger partial charge in [0.05, 0.1) is 22.1 Å². The van der Waals surface area contributed by atoms with Gasteiger partial charge in [0.15, 0.2) is 5.82 Å². The van der Waals surface area contributed by atoms with Gasteiger partial charge in [0, 0.05) is 5.56 Å². The molecule has 120 valence electrons. The number of hydrogen-bond acceptors (Lipinski definition) is 4. The topological polar surface area (TPSA) is 63.8 Å². The van der Waals surface area contributed by atoms with Crippen LogP contribution < -0.4 is 0 Å². The van der Waals surface area contributed by atoms with Crippen molar-refractivity contribution in [3.8, 4) is 11.4 Å². The fourth-order valence-electron chi connectivity index (χ4n) is 2.97. The molecule has 0 bridgehead atoms. The van der Waals surface area contributed by atoms with Crippen LogP contribution in [0.1, 0.15) is 0 Å². The average Bonchev–Trinajstić information content (AvgIpc) is 3.04.